The Morgan fingerprint density at radius 3 is 1.96 bits per heavy atom. The first-order chi connectivity index (χ1) is 11.2. The van der Waals surface area contributed by atoms with Crippen molar-refractivity contribution in [3.05, 3.63) is 22.4 Å². The predicted octanol–water partition coefficient (Wildman–Crippen LogP) is 7.01. The van der Waals surface area contributed by atoms with Crippen LogP contribution < -0.4 is 0 Å². The third-order valence-electron chi connectivity index (χ3n) is 4.56. The van der Waals surface area contributed by atoms with Crippen molar-refractivity contribution in [2.24, 2.45) is 0 Å². The van der Waals surface area contributed by atoms with Crippen LogP contribution in [0, 0.1) is 0 Å². The van der Waals surface area contributed by atoms with Crippen LogP contribution in [0.5, 0.6) is 0 Å². The second-order valence-corrected chi connectivity index (χ2v) is 7.72. The molecule has 0 aliphatic heterocycles. The van der Waals surface area contributed by atoms with Gasteiger partial charge in [-0.3, -0.25) is 4.79 Å². The fraction of sp³-hybridized carbons (Fsp3) is 0.750. The lowest BCUT2D eigenvalue weighted by Gasteiger charge is -2.08. The summed E-state index contributed by atoms with van der Waals surface area (Å²) in [4.78, 5) is 11.9. The van der Waals surface area contributed by atoms with E-state index in [-0.39, 0.29) is 0 Å². The van der Waals surface area contributed by atoms with Gasteiger partial charge in [-0.25, -0.2) is 0 Å². The quantitative estimate of drug-likeness (QED) is 0.349. The molecule has 0 radical (unpaired) electrons. The van der Waals surface area contributed by atoms with E-state index < -0.39 is 5.97 Å². The maximum absolute atomic E-state index is 10.4. The SMILES string of the molecule is CC(CCCCCCCCCCCCCC(=O)O)c1cccs1. The number of hydrogen-bond donors (Lipinski definition) is 1. The van der Waals surface area contributed by atoms with Crippen molar-refractivity contribution in [2.75, 3.05) is 0 Å². The molecule has 0 amide bonds. The summed E-state index contributed by atoms with van der Waals surface area (Å²) in [6, 6.07) is 4.42. The second kappa shape index (κ2) is 13.6. The molecule has 0 fully saturated rings. The predicted molar refractivity (Wildman–Crippen MR) is 100 cm³/mol. The molecule has 1 aromatic rings. The number of aliphatic carboxylic acids is 1. The monoisotopic (exact) mass is 338 g/mol. The summed E-state index contributed by atoms with van der Waals surface area (Å²) >= 11 is 1.89. The first-order valence-corrected chi connectivity index (χ1v) is 10.3. The molecule has 0 saturated heterocycles. The fourth-order valence-corrected chi connectivity index (χ4v) is 3.85. The van der Waals surface area contributed by atoms with Gasteiger partial charge in [0.25, 0.3) is 0 Å². The minimum absolute atomic E-state index is 0.338. The zero-order valence-corrected chi connectivity index (χ0v) is 15.6. The van der Waals surface area contributed by atoms with Gasteiger partial charge < -0.3 is 5.11 Å². The molecule has 1 N–H and O–H groups in total. The van der Waals surface area contributed by atoms with E-state index in [0.29, 0.717) is 6.42 Å². The molecule has 132 valence electrons. The van der Waals surface area contributed by atoms with Gasteiger partial charge in [0.1, 0.15) is 0 Å². The molecule has 1 heterocycles. The highest BCUT2D eigenvalue weighted by Gasteiger charge is 2.05. The number of rotatable bonds is 15. The number of carbonyl (C=O) groups is 1. The Morgan fingerprint density at radius 2 is 1.48 bits per heavy atom. The van der Waals surface area contributed by atoms with Gasteiger partial charge in [-0.05, 0) is 30.2 Å². The molecular weight excluding hydrogens is 304 g/mol. The number of hydrogen-bond acceptors (Lipinski definition) is 2. The van der Waals surface area contributed by atoms with Gasteiger partial charge in [0.15, 0.2) is 0 Å². The highest BCUT2D eigenvalue weighted by atomic mass is 32.1. The maximum atomic E-state index is 10.4. The first kappa shape index (κ1) is 20.2. The lowest BCUT2D eigenvalue weighted by molar-refractivity contribution is -0.137. The van der Waals surface area contributed by atoms with Crippen molar-refractivity contribution in [2.45, 2.75) is 96.3 Å². The Balaban J connectivity index is 1.77. The molecule has 3 heteroatoms. The average Bonchev–Trinajstić information content (AvgIpc) is 3.05. The Bertz CT molecular complexity index is 386. The number of carboxylic acids is 1. The molecule has 0 saturated carbocycles. The third kappa shape index (κ3) is 11.4. The summed E-state index contributed by atoms with van der Waals surface area (Å²) in [5, 5.41) is 10.7. The van der Waals surface area contributed by atoms with Gasteiger partial charge in [0.2, 0.25) is 0 Å². The maximum Gasteiger partial charge on any atom is 0.303 e. The summed E-state index contributed by atoms with van der Waals surface area (Å²) in [5.74, 6) is 0.0749. The Hall–Kier alpha value is -0.830. The lowest BCUT2D eigenvalue weighted by atomic mass is 10.00. The van der Waals surface area contributed by atoms with Gasteiger partial charge in [0.05, 0.1) is 0 Å². The van der Waals surface area contributed by atoms with Crippen LogP contribution in [-0.2, 0) is 4.79 Å². The highest BCUT2D eigenvalue weighted by molar-refractivity contribution is 7.10. The van der Waals surface area contributed by atoms with Gasteiger partial charge in [-0.1, -0.05) is 77.2 Å². The topological polar surface area (TPSA) is 37.3 Å². The van der Waals surface area contributed by atoms with Crippen LogP contribution in [0.15, 0.2) is 17.5 Å². The standard InChI is InChI=1S/C20H34O2S/c1-18(19-15-13-17-23-19)14-11-9-7-5-3-2-4-6-8-10-12-16-20(21)22/h13,15,17-18H,2-12,14,16H2,1H3,(H,21,22). The van der Waals surface area contributed by atoms with Crippen LogP contribution in [0.4, 0.5) is 0 Å². The summed E-state index contributed by atoms with van der Waals surface area (Å²) in [6.07, 6.45) is 15.6. The van der Waals surface area contributed by atoms with Crippen LogP contribution in [0.1, 0.15) is 101 Å². The van der Waals surface area contributed by atoms with Gasteiger partial charge in [0, 0.05) is 11.3 Å². The van der Waals surface area contributed by atoms with Crippen molar-refractivity contribution in [3.63, 3.8) is 0 Å². The van der Waals surface area contributed by atoms with Crippen LogP contribution in [0.2, 0.25) is 0 Å². The Labute approximate surface area is 146 Å². The minimum Gasteiger partial charge on any atom is -0.481 e. The summed E-state index contributed by atoms with van der Waals surface area (Å²) in [7, 11) is 0. The van der Waals surface area contributed by atoms with Crippen LogP contribution in [-0.4, -0.2) is 11.1 Å². The molecule has 1 atom stereocenters. The first-order valence-electron chi connectivity index (χ1n) is 9.45. The Morgan fingerprint density at radius 1 is 0.957 bits per heavy atom. The van der Waals surface area contributed by atoms with Crippen molar-refractivity contribution >= 4 is 17.3 Å². The Kier molecular flexibility index (Phi) is 11.9. The molecular formula is C20H34O2S. The van der Waals surface area contributed by atoms with Crippen LogP contribution >= 0.6 is 11.3 Å². The van der Waals surface area contributed by atoms with E-state index >= 15 is 0 Å². The van der Waals surface area contributed by atoms with Gasteiger partial charge in [-0.15, -0.1) is 11.3 Å². The van der Waals surface area contributed by atoms with Crippen molar-refractivity contribution in [1.29, 1.82) is 0 Å². The molecule has 2 nitrogen and oxygen atoms in total. The van der Waals surface area contributed by atoms with Gasteiger partial charge >= 0.3 is 5.97 Å². The molecule has 0 spiro atoms. The van der Waals surface area contributed by atoms with E-state index in [2.05, 4.69) is 24.4 Å². The molecule has 23 heavy (non-hydrogen) atoms. The largest absolute Gasteiger partial charge is 0.481 e. The molecule has 0 aliphatic carbocycles. The molecule has 1 unspecified atom stereocenters. The molecule has 1 aromatic heterocycles. The second-order valence-electron chi connectivity index (χ2n) is 6.74. The normalized spacial score (nSPS) is 12.4. The average molecular weight is 339 g/mol. The van der Waals surface area contributed by atoms with Crippen molar-refractivity contribution in [3.8, 4) is 0 Å². The number of thiophene rings is 1. The van der Waals surface area contributed by atoms with E-state index in [9.17, 15) is 4.79 Å². The number of unbranched alkanes of at least 4 members (excludes halogenated alkanes) is 10. The summed E-state index contributed by atoms with van der Waals surface area (Å²) in [6.45, 7) is 2.35. The summed E-state index contributed by atoms with van der Waals surface area (Å²) in [5.41, 5.74) is 0. The van der Waals surface area contributed by atoms with Crippen molar-refractivity contribution in [1.82, 2.24) is 0 Å². The van der Waals surface area contributed by atoms with E-state index in [1.54, 1.807) is 0 Å². The van der Waals surface area contributed by atoms with E-state index in [4.69, 9.17) is 5.11 Å². The fourth-order valence-electron chi connectivity index (χ4n) is 3.03. The molecule has 0 aromatic carbocycles. The van der Waals surface area contributed by atoms with Crippen molar-refractivity contribution < 1.29 is 9.90 Å². The van der Waals surface area contributed by atoms with Crippen LogP contribution in [0.3, 0.4) is 0 Å². The van der Waals surface area contributed by atoms with E-state index in [1.807, 2.05) is 11.3 Å². The minimum atomic E-state index is -0.658. The third-order valence-corrected chi connectivity index (χ3v) is 5.66. The smallest absolute Gasteiger partial charge is 0.303 e. The molecule has 1 rings (SSSR count). The lowest BCUT2D eigenvalue weighted by Crippen LogP contribution is -1.93. The zero-order valence-electron chi connectivity index (χ0n) is 14.8. The zero-order chi connectivity index (χ0) is 16.8. The summed E-state index contributed by atoms with van der Waals surface area (Å²) < 4.78 is 0. The van der Waals surface area contributed by atoms with Crippen LogP contribution in [0.25, 0.3) is 0 Å². The van der Waals surface area contributed by atoms with E-state index in [0.717, 1.165) is 18.8 Å². The molecule has 0 bridgehead atoms. The van der Waals surface area contributed by atoms with Gasteiger partial charge in [-0.2, -0.15) is 0 Å². The van der Waals surface area contributed by atoms with E-state index in [1.165, 1.54) is 69.1 Å². The molecule has 0 aliphatic rings. The highest BCUT2D eigenvalue weighted by Crippen LogP contribution is 2.26. The number of carboxylic acid groups (broad SMARTS) is 1.